The fourth-order valence-corrected chi connectivity index (χ4v) is 4.41. The van der Waals surface area contributed by atoms with Crippen molar-refractivity contribution in [1.29, 1.82) is 0 Å². The Morgan fingerprint density at radius 3 is 2.52 bits per heavy atom. The van der Waals surface area contributed by atoms with Gasteiger partial charge >= 0.3 is 0 Å². The summed E-state index contributed by atoms with van der Waals surface area (Å²) in [7, 11) is 0. The molecular weight excluding hydrogens is 276 g/mol. The molecule has 1 saturated carbocycles. The van der Waals surface area contributed by atoms with Crippen LogP contribution in [0.5, 0.6) is 0 Å². The van der Waals surface area contributed by atoms with E-state index in [1.165, 1.54) is 43.1 Å². The molecule has 0 saturated heterocycles. The molecule has 110 valence electrons. The summed E-state index contributed by atoms with van der Waals surface area (Å²) in [5.41, 5.74) is 2.13. The van der Waals surface area contributed by atoms with E-state index in [2.05, 4.69) is 25.1 Å². The average Bonchev–Trinajstić information content (AvgIpc) is 2.54. The first kappa shape index (κ1) is 14.6. The lowest BCUT2D eigenvalue weighted by molar-refractivity contribution is 0.102. The van der Waals surface area contributed by atoms with E-state index in [1.807, 2.05) is 30.0 Å². The van der Waals surface area contributed by atoms with Crippen LogP contribution in [-0.4, -0.2) is 16.8 Å². The van der Waals surface area contributed by atoms with E-state index < -0.39 is 0 Å². The highest BCUT2D eigenvalue weighted by Gasteiger charge is 2.17. The Morgan fingerprint density at radius 2 is 1.76 bits per heavy atom. The standard InChI is InChI=1S/C19H22OS/c1-14-11-12-18(17-10-6-5-9-16(14)17)19(20)13-21-15-7-3-2-4-8-15/h5-6,9-12,15H,2-4,7-8,13H2,1H3. The molecule has 3 rings (SSSR count). The Labute approximate surface area is 131 Å². The number of carbonyl (C=O) groups is 1. The minimum absolute atomic E-state index is 0.279. The van der Waals surface area contributed by atoms with Crippen molar-refractivity contribution in [2.24, 2.45) is 0 Å². The normalized spacial score (nSPS) is 16.2. The molecule has 0 amide bonds. The highest BCUT2D eigenvalue weighted by Crippen LogP contribution is 2.30. The van der Waals surface area contributed by atoms with Crippen LogP contribution in [0, 0.1) is 6.92 Å². The van der Waals surface area contributed by atoms with E-state index in [4.69, 9.17) is 0 Å². The Bertz CT molecular complexity index is 641. The lowest BCUT2D eigenvalue weighted by atomic mass is 9.98. The molecule has 1 aliphatic carbocycles. The maximum Gasteiger partial charge on any atom is 0.173 e. The Kier molecular flexibility index (Phi) is 4.64. The van der Waals surface area contributed by atoms with Crippen LogP contribution in [0.3, 0.4) is 0 Å². The summed E-state index contributed by atoms with van der Waals surface area (Å²) in [6.45, 7) is 2.10. The van der Waals surface area contributed by atoms with E-state index in [1.54, 1.807) is 0 Å². The van der Waals surface area contributed by atoms with Gasteiger partial charge in [0.2, 0.25) is 0 Å². The SMILES string of the molecule is Cc1ccc(C(=O)CSC2CCCCC2)c2ccccc12. The van der Waals surface area contributed by atoms with Gasteiger partial charge in [0.1, 0.15) is 0 Å². The molecule has 2 aromatic carbocycles. The molecule has 0 spiro atoms. The summed E-state index contributed by atoms with van der Waals surface area (Å²) in [5, 5.41) is 3.00. The lowest BCUT2D eigenvalue weighted by Crippen LogP contribution is -2.12. The highest BCUT2D eigenvalue weighted by molar-refractivity contribution is 8.00. The number of carbonyl (C=O) groups excluding carboxylic acids is 1. The number of hydrogen-bond donors (Lipinski definition) is 0. The van der Waals surface area contributed by atoms with E-state index in [0.717, 1.165) is 10.9 Å². The molecule has 0 radical (unpaired) electrons. The minimum Gasteiger partial charge on any atom is -0.293 e. The van der Waals surface area contributed by atoms with Crippen molar-refractivity contribution in [3.63, 3.8) is 0 Å². The Morgan fingerprint density at radius 1 is 1.05 bits per heavy atom. The molecular formula is C19H22OS. The third-order valence-electron chi connectivity index (χ3n) is 4.44. The summed E-state index contributed by atoms with van der Waals surface area (Å²) in [6, 6.07) is 12.3. The molecule has 2 heteroatoms. The van der Waals surface area contributed by atoms with Crippen LogP contribution in [0.15, 0.2) is 36.4 Å². The van der Waals surface area contributed by atoms with Crippen LogP contribution in [0.25, 0.3) is 10.8 Å². The fraction of sp³-hybridized carbons (Fsp3) is 0.421. The third-order valence-corrected chi connectivity index (χ3v) is 5.82. The predicted molar refractivity (Wildman–Crippen MR) is 92.3 cm³/mol. The highest BCUT2D eigenvalue weighted by atomic mass is 32.2. The van der Waals surface area contributed by atoms with Gasteiger partial charge in [-0.2, -0.15) is 11.8 Å². The Hall–Kier alpha value is -1.28. The van der Waals surface area contributed by atoms with Gasteiger partial charge in [0, 0.05) is 10.8 Å². The van der Waals surface area contributed by atoms with Gasteiger partial charge in [-0.3, -0.25) is 4.79 Å². The third kappa shape index (κ3) is 3.32. The first-order valence-electron chi connectivity index (χ1n) is 7.89. The number of Topliss-reactive ketones (excluding diaryl/α,β-unsaturated/α-hetero) is 1. The maximum atomic E-state index is 12.6. The summed E-state index contributed by atoms with van der Waals surface area (Å²) in [6.07, 6.45) is 6.60. The van der Waals surface area contributed by atoms with Crippen molar-refractivity contribution >= 4 is 28.3 Å². The Balaban J connectivity index is 1.77. The van der Waals surface area contributed by atoms with E-state index >= 15 is 0 Å². The van der Waals surface area contributed by atoms with Gasteiger partial charge in [-0.1, -0.05) is 55.7 Å². The predicted octanol–water partition coefficient (Wildman–Crippen LogP) is 5.40. The molecule has 0 unspecified atom stereocenters. The number of fused-ring (bicyclic) bond motifs is 1. The smallest absolute Gasteiger partial charge is 0.173 e. The molecule has 0 aliphatic heterocycles. The van der Waals surface area contributed by atoms with Crippen molar-refractivity contribution in [2.75, 3.05) is 5.75 Å². The maximum absolute atomic E-state index is 12.6. The zero-order valence-corrected chi connectivity index (χ0v) is 13.4. The largest absolute Gasteiger partial charge is 0.293 e. The fourth-order valence-electron chi connectivity index (χ4n) is 3.20. The van der Waals surface area contributed by atoms with E-state index in [-0.39, 0.29) is 5.78 Å². The second kappa shape index (κ2) is 6.65. The molecule has 0 atom stereocenters. The van der Waals surface area contributed by atoms with Gasteiger partial charge in [-0.25, -0.2) is 0 Å². The van der Waals surface area contributed by atoms with Crippen molar-refractivity contribution in [2.45, 2.75) is 44.3 Å². The van der Waals surface area contributed by atoms with Gasteiger partial charge in [0.05, 0.1) is 5.75 Å². The van der Waals surface area contributed by atoms with Gasteiger partial charge in [-0.05, 0) is 36.1 Å². The molecule has 0 heterocycles. The monoisotopic (exact) mass is 298 g/mol. The number of aryl methyl sites for hydroxylation is 1. The second-order valence-electron chi connectivity index (χ2n) is 5.97. The molecule has 0 aromatic heterocycles. The van der Waals surface area contributed by atoms with Crippen LogP contribution in [0.2, 0.25) is 0 Å². The lowest BCUT2D eigenvalue weighted by Gasteiger charge is -2.20. The summed E-state index contributed by atoms with van der Waals surface area (Å²) >= 11 is 1.86. The number of benzene rings is 2. The molecule has 1 aliphatic rings. The summed E-state index contributed by atoms with van der Waals surface area (Å²) < 4.78 is 0. The molecule has 1 nitrogen and oxygen atoms in total. The van der Waals surface area contributed by atoms with E-state index in [9.17, 15) is 4.79 Å². The first-order valence-corrected chi connectivity index (χ1v) is 8.94. The van der Waals surface area contributed by atoms with Gasteiger partial charge in [0.25, 0.3) is 0 Å². The average molecular weight is 298 g/mol. The van der Waals surface area contributed by atoms with Gasteiger partial charge < -0.3 is 0 Å². The minimum atomic E-state index is 0.279. The topological polar surface area (TPSA) is 17.1 Å². The zero-order valence-electron chi connectivity index (χ0n) is 12.6. The number of ketones is 1. The summed E-state index contributed by atoms with van der Waals surface area (Å²) in [5.74, 6) is 0.902. The van der Waals surface area contributed by atoms with Crippen molar-refractivity contribution < 1.29 is 4.79 Å². The molecule has 0 N–H and O–H groups in total. The van der Waals surface area contributed by atoms with Crippen LogP contribution < -0.4 is 0 Å². The summed E-state index contributed by atoms with van der Waals surface area (Å²) in [4.78, 5) is 12.6. The van der Waals surface area contributed by atoms with Crippen LogP contribution in [-0.2, 0) is 0 Å². The number of thioether (sulfide) groups is 1. The second-order valence-corrected chi connectivity index (χ2v) is 7.26. The first-order chi connectivity index (χ1) is 10.3. The number of hydrogen-bond acceptors (Lipinski definition) is 2. The molecule has 21 heavy (non-hydrogen) atoms. The molecule has 2 aromatic rings. The van der Waals surface area contributed by atoms with Gasteiger partial charge in [0.15, 0.2) is 5.78 Å². The zero-order chi connectivity index (χ0) is 14.7. The van der Waals surface area contributed by atoms with Crippen LogP contribution in [0.4, 0.5) is 0 Å². The van der Waals surface area contributed by atoms with Crippen LogP contribution >= 0.6 is 11.8 Å². The van der Waals surface area contributed by atoms with Gasteiger partial charge in [-0.15, -0.1) is 0 Å². The van der Waals surface area contributed by atoms with Crippen molar-refractivity contribution in [3.8, 4) is 0 Å². The van der Waals surface area contributed by atoms with E-state index in [0.29, 0.717) is 11.0 Å². The van der Waals surface area contributed by atoms with Crippen LogP contribution in [0.1, 0.15) is 48.0 Å². The van der Waals surface area contributed by atoms with Crippen molar-refractivity contribution in [3.05, 3.63) is 47.5 Å². The molecule has 0 bridgehead atoms. The van der Waals surface area contributed by atoms with Crippen molar-refractivity contribution in [1.82, 2.24) is 0 Å². The molecule has 1 fully saturated rings. The quantitative estimate of drug-likeness (QED) is 0.703. The number of rotatable bonds is 4.